The number of carboxylic acid groups (broad SMARTS) is 1. The van der Waals surface area contributed by atoms with E-state index in [2.05, 4.69) is 24.1 Å². The zero-order chi connectivity index (χ0) is 12.3. The van der Waals surface area contributed by atoms with Gasteiger partial charge in [-0.1, -0.05) is 27.7 Å². The van der Waals surface area contributed by atoms with Gasteiger partial charge in [0.2, 0.25) is 0 Å². The van der Waals surface area contributed by atoms with Crippen molar-refractivity contribution in [1.82, 2.24) is 4.98 Å². The molecule has 0 aliphatic carbocycles. The van der Waals surface area contributed by atoms with E-state index in [1.807, 2.05) is 13.8 Å². The second-order valence-electron chi connectivity index (χ2n) is 4.43. The number of hydrogen-bond acceptors (Lipinski definition) is 4. The lowest BCUT2D eigenvalue weighted by atomic mass is 10.1. The van der Waals surface area contributed by atoms with E-state index in [4.69, 9.17) is 5.11 Å². The van der Waals surface area contributed by atoms with Crippen LogP contribution in [0.4, 0.5) is 5.13 Å². The molecule has 0 fully saturated rings. The molecule has 0 unspecified atom stereocenters. The number of rotatable bonds is 5. The van der Waals surface area contributed by atoms with Crippen LogP contribution in [0.15, 0.2) is 6.20 Å². The Morgan fingerprint density at radius 3 is 2.44 bits per heavy atom. The normalized spacial score (nSPS) is 13.1. The molecule has 0 aliphatic rings. The first-order chi connectivity index (χ1) is 7.41. The lowest BCUT2D eigenvalue weighted by molar-refractivity contribution is -0.138. The Bertz CT molecular complexity index is 361. The smallest absolute Gasteiger partial charge is 0.326 e. The molecule has 0 bridgehead atoms. The molecule has 0 saturated carbocycles. The number of aliphatic carboxylic acids is 1. The van der Waals surface area contributed by atoms with Gasteiger partial charge in [-0.05, 0) is 11.8 Å². The van der Waals surface area contributed by atoms with Gasteiger partial charge in [0.25, 0.3) is 0 Å². The molecule has 2 N–H and O–H groups in total. The predicted molar refractivity (Wildman–Crippen MR) is 66.1 cm³/mol. The first kappa shape index (κ1) is 13.0. The van der Waals surface area contributed by atoms with Crippen LogP contribution in [0.1, 0.15) is 38.5 Å². The number of nitrogens with zero attached hydrogens (tertiary/aromatic N) is 1. The fourth-order valence-electron chi connectivity index (χ4n) is 1.27. The monoisotopic (exact) mass is 242 g/mol. The van der Waals surface area contributed by atoms with Crippen LogP contribution >= 0.6 is 11.3 Å². The van der Waals surface area contributed by atoms with Crippen molar-refractivity contribution in [1.29, 1.82) is 0 Å². The molecule has 90 valence electrons. The Hall–Kier alpha value is -1.10. The van der Waals surface area contributed by atoms with Crippen molar-refractivity contribution in [2.45, 2.75) is 39.7 Å². The van der Waals surface area contributed by atoms with Crippen molar-refractivity contribution in [2.75, 3.05) is 5.32 Å². The minimum atomic E-state index is -0.837. The van der Waals surface area contributed by atoms with Crippen molar-refractivity contribution in [3.05, 3.63) is 11.1 Å². The van der Waals surface area contributed by atoms with Gasteiger partial charge < -0.3 is 10.4 Å². The van der Waals surface area contributed by atoms with Gasteiger partial charge >= 0.3 is 5.97 Å². The van der Waals surface area contributed by atoms with Crippen LogP contribution in [0.3, 0.4) is 0 Å². The van der Waals surface area contributed by atoms with E-state index in [0.717, 1.165) is 4.88 Å². The third-order valence-electron chi connectivity index (χ3n) is 2.30. The molecule has 16 heavy (non-hydrogen) atoms. The second-order valence-corrected chi connectivity index (χ2v) is 5.49. The number of aromatic nitrogens is 1. The summed E-state index contributed by atoms with van der Waals surface area (Å²) in [4.78, 5) is 16.3. The van der Waals surface area contributed by atoms with Gasteiger partial charge in [-0.25, -0.2) is 9.78 Å². The summed E-state index contributed by atoms with van der Waals surface area (Å²) in [5.41, 5.74) is 0. The molecule has 0 spiro atoms. The zero-order valence-electron chi connectivity index (χ0n) is 10.0. The Balaban J connectivity index is 2.74. The molecule has 1 aromatic heterocycles. The van der Waals surface area contributed by atoms with Gasteiger partial charge in [-0.15, -0.1) is 11.3 Å². The van der Waals surface area contributed by atoms with E-state index < -0.39 is 12.0 Å². The van der Waals surface area contributed by atoms with Crippen molar-refractivity contribution in [3.8, 4) is 0 Å². The number of thiazole rings is 1. The first-order valence-electron chi connectivity index (χ1n) is 5.37. The van der Waals surface area contributed by atoms with Crippen molar-refractivity contribution in [2.24, 2.45) is 5.92 Å². The van der Waals surface area contributed by atoms with E-state index in [1.54, 1.807) is 6.20 Å². The molecule has 5 heteroatoms. The van der Waals surface area contributed by atoms with Crippen LogP contribution in [0.2, 0.25) is 0 Å². The van der Waals surface area contributed by atoms with Crippen LogP contribution in [-0.4, -0.2) is 22.1 Å². The standard InChI is InChI=1S/C11H18N2O2S/c1-6(2)8-5-12-11(16-8)13-9(7(3)4)10(14)15/h5-7,9H,1-4H3,(H,12,13)(H,14,15)/t9-/m0/s1. The lowest BCUT2D eigenvalue weighted by Gasteiger charge is -2.16. The summed E-state index contributed by atoms with van der Waals surface area (Å²) >= 11 is 1.52. The highest BCUT2D eigenvalue weighted by Crippen LogP contribution is 2.26. The van der Waals surface area contributed by atoms with E-state index in [1.165, 1.54) is 11.3 Å². The fraction of sp³-hybridized carbons (Fsp3) is 0.636. The molecule has 0 aromatic carbocycles. The number of hydrogen-bond donors (Lipinski definition) is 2. The molecule has 0 saturated heterocycles. The van der Waals surface area contributed by atoms with Gasteiger partial charge in [0.15, 0.2) is 5.13 Å². The average molecular weight is 242 g/mol. The average Bonchev–Trinajstić information content (AvgIpc) is 2.61. The van der Waals surface area contributed by atoms with E-state index >= 15 is 0 Å². The maximum absolute atomic E-state index is 11.0. The van der Waals surface area contributed by atoms with Crippen LogP contribution < -0.4 is 5.32 Å². The van der Waals surface area contributed by atoms with Gasteiger partial charge in [0.1, 0.15) is 6.04 Å². The SMILES string of the molecule is CC(C)c1cnc(N[C@H](C(=O)O)C(C)C)s1. The molecular formula is C11H18N2O2S. The van der Waals surface area contributed by atoms with Gasteiger partial charge in [0.05, 0.1) is 0 Å². The van der Waals surface area contributed by atoms with Crippen LogP contribution in [0, 0.1) is 5.92 Å². The summed E-state index contributed by atoms with van der Waals surface area (Å²) < 4.78 is 0. The Labute approximate surface area is 99.7 Å². The van der Waals surface area contributed by atoms with Gasteiger partial charge in [-0.3, -0.25) is 0 Å². The van der Waals surface area contributed by atoms with Crippen LogP contribution in [0.5, 0.6) is 0 Å². The number of nitrogens with one attached hydrogen (secondary N) is 1. The highest BCUT2D eigenvalue weighted by molar-refractivity contribution is 7.15. The molecule has 1 heterocycles. The predicted octanol–water partition coefficient (Wildman–Crippen LogP) is 2.79. The van der Waals surface area contributed by atoms with Crippen LogP contribution in [-0.2, 0) is 4.79 Å². The van der Waals surface area contributed by atoms with Gasteiger partial charge in [-0.2, -0.15) is 0 Å². The maximum Gasteiger partial charge on any atom is 0.326 e. The Kier molecular flexibility index (Phi) is 4.29. The van der Waals surface area contributed by atoms with Crippen molar-refractivity contribution < 1.29 is 9.90 Å². The maximum atomic E-state index is 11.0. The molecule has 0 aliphatic heterocycles. The van der Waals surface area contributed by atoms with Gasteiger partial charge in [0, 0.05) is 11.1 Å². The summed E-state index contributed by atoms with van der Waals surface area (Å²) in [6.45, 7) is 7.94. The molecule has 4 nitrogen and oxygen atoms in total. The first-order valence-corrected chi connectivity index (χ1v) is 6.18. The molecule has 1 aromatic rings. The number of anilines is 1. The van der Waals surface area contributed by atoms with Crippen LogP contribution in [0.25, 0.3) is 0 Å². The van der Waals surface area contributed by atoms with Crippen molar-refractivity contribution >= 4 is 22.4 Å². The minimum Gasteiger partial charge on any atom is -0.480 e. The number of carbonyl (C=O) groups is 1. The Morgan fingerprint density at radius 1 is 1.44 bits per heavy atom. The Morgan fingerprint density at radius 2 is 2.06 bits per heavy atom. The largest absolute Gasteiger partial charge is 0.480 e. The molecule has 1 rings (SSSR count). The highest BCUT2D eigenvalue weighted by Gasteiger charge is 2.22. The molecule has 0 radical (unpaired) electrons. The van der Waals surface area contributed by atoms with E-state index in [0.29, 0.717) is 11.0 Å². The molecular weight excluding hydrogens is 224 g/mol. The third-order valence-corrected chi connectivity index (χ3v) is 3.53. The summed E-state index contributed by atoms with van der Waals surface area (Å²) in [6.07, 6.45) is 1.80. The summed E-state index contributed by atoms with van der Waals surface area (Å²) in [6, 6.07) is -0.578. The summed E-state index contributed by atoms with van der Waals surface area (Å²) in [5, 5.41) is 12.7. The van der Waals surface area contributed by atoms with Crippen molar-refractivity contribution in [3.63, 3.8) is 0 Å². The van der Waals surface area contributed by atoms with E-state index in [-0.39, 0.29) is 5.92 Å². The summed E-state index contributed by atoms with van der Waals surface area (Å²) in [7, 11) is 0. The quantitative estimate of drug-likeness (QED) is 0.833. The fourth-order valence-corrected chi connectivity index (χ4v) is 2.12. The third kappa shape index (κ3) is 3.20. The van der Waals surface area contributed by atoms with E-state index in [9.17, 15) is 4.79 Å². The highest BCUT2D eigenvalue weighted by atomic mass is 32.1. The topological polar surface area (TPSA) is 62.2 Å². The molecule has 1 atom stereocenters. The number of carboxylic acids is 1. The zero-order valence-corrected chi connectivity index (χ0v) is 10.8. The second kappa shape index (κ2) is 5.30. The molecule has 0 amide bonds. The lowest BCUT2D eigenvalue weighted by Crippen LogP contribution is -2.34. The summed E-state index contributed by atoms with van der Waals surface area (Å²) in [5.74, 6) is -0.379. The minimum absolute atomic E-state index is 0.0314.